The second-order valence-electron chi connectivity index (χ2n) is 5.59. The molecule has 22 heavy (non-hydrogen) atoms. The highest BCUT2D eigenvalue weighted by Gasteiger charge is 2.14. The van der Waals surface area contributed by atoms with Gasteiger partial charge >= 0.3 is 0 Å². The van der Waals surface area contributed by atoms with Gasteiger partial charge in [0, 0.05) is 23.6 Å². The number of thiophene rings is 1. The predicted octanol–water partition coefficient (Wildman–Crippen LogP) is 3.65. The number of carbonyl (C=O) groups excluding carboxylic acids is 1. The third-order valence-electron chi connectivity index (χ3n) is 3.84. The quantitative estimate of drug-likeness (QED) is 0.819. The van der Waals surface area contributed by atoms with E-state index in [1.165, 1.54) is 4.88 Å². The van der Waals surface area contributed by atoms with Crippen molar-refractivity contribution in [3.63, 3.8) is 0 Å². The molecule has 2 rings (SSSR count). The number of hydrogen-bond donors (Lipinski definition) is 2. The molecular weight excluding hydrogens is 294 g/mol. The van der Waals surface area contributed by atoms with Crippen molar-refractivity contribution in [2.45, 2.75) is 32.6 Å². The van der Waals surface area contributed by atoms with Crippen molar-refractivity contribution in [2.24, 2.45) is 0 Å². The number of amides is 1. The van der Waals surface area contributed by atoms with Crippen molar-refractivity contribution in [3.05, 3.63) is 57.3 Å². The minimum Gasteiger partial charge on any atom is -0.396 e. The van der Waals surface area contributed by atoms with E-state index in [1.54, 1.807) is 11.3 Å². The summed E-state index contributed by atoms with van der Waals surface area (Å²) in [5.74, 6) is 0.291. The summed E-state index contributed by atoms with van der Waals surface area (Å²) in [6.07, 6.45) is 1.58. The molecule has 1 heterocycles. The average Bonchev–Trinajstić information content (AvgIpc) is 3.03. The Morgan fingerprint density at radius 2 is 2.09 bits per heavy atom. The van der Waals surface area contributed by atoms with Gasteiger partial charge in [-0.1, -0.05) is 23.8 Å². The van der Waals surface area contributed by atoms with Crippen LogP contribution in [0.4, 0.5) is 0 Å². The van der Waals surface area contributed by atoms with Gasteiger partial charge in [-0.15, -0.1) is 11.3 Å². The van der Waals surface area contributed by atoms with Gasteiger partial charge in [0.1, 0.15) is 0 Å². The fourth-order valence-electron chi connectivity index (χ4n) is 2.54. The number of aliphatic hydroxyl groups is 1. The lowest BCUT2D eigenvalue weighted by atomic mass is 9.99. The van der Waals surface area contributed by atoms with Gasteiger partial charge in [0.2, 0.25) is 0 Å². The van der Waals surface area contributed by atoms with Gasteiger partial charge in [-0.3, -0.25) is 4.79 Å². The zero-order valence-corrected chi connectivity index (χ0v) is 14.0. The van der Waals surface area contributed by atoms with Crippen molar-refractivity contribution in [1.82, 2.24) is 5.32 Å². The second-order valence-corrected chi connectivity index (χ2v) is 6.57. The SMILES string of the molecule is Cc1ccc(C)c(C(=O)NCCC(CCO)c2cccs2)c1. The molecule has 0 radical (unpaired) electrons. The molecule has 118 valence electrons. The van der Waals surface area contributed by atoms with E-state index in [2.05, 4.69) is 11.4 Å². The van der Waals surface area contributed by atoms with Crippen LogP contribution in [0, 0.1) is 13.8 Å². The maximum atomic E-state index is 12.3. The maximum absolute atomic E-state index is 12.3. The number of aryl methyl sites for hydroxylation is 2. The third-order valence-corrected chi connectivity index (χ3v) is 4.87. The summed E-state index contributed by atoms with van der Waals surface area (Å²) >= 11 is 1.71. The van der Waals surface area contributed by atoms with Crippen LogP contribution in [0.5, 0.6) is 0 Å². The largest absolute Gasteiger partial charge is 0.396 e. The molecule has 1 aromatic carbocycles. The molecule has 2 N–H and O–H groups in total. The first-order chi connectivity index (χ1) is 10.6. The first kappa shape index (κ1) is 16.7. The van der Waals surface area contributed by atoms with Crippen molar-refractivity contribution >= 4 is 17.2 Å². The lowest BCUT2D eigenvalue weighted by molar-refractivity contribution is 0.0951. The minimum absolute atomic E-state index is 0.0184. The van der Waals surface area contributed by atoms with Crippen molar-refractivity contribution in [3.8, 4) is 0 Å². The maximum Gasteiger partial charge on any atom is 0.251 e. The molecule has 0 aliphatic carbocycles. The summed E-state index contributed by atoms with van der Waals surface area (Å²) in [5, 5.41) is 14.3. The van der Waals surface area contributed by atoms with Crippen LogP contribution in [-0.4, -0.2) is 24.2 Å². The molecule has 0 saturated carbocycles. The number of carbonyl (C=O) groups is 1. The van der Waals surface area contributed by atoms with Gasteiger partial charge in [-0.05, 0) is 55.7 Å². The van der Waals surface area contributed by atoms with Crippen LogP contribution in [0.2, 0.25) is 0 Å². The van der Waals surface area contributed by atoms with Gasteiger partial charge in [0.25, 0.3) is 5.91 Å². The monoisotopic (exact) mass is 317 g/mol. The molecule has 0 bridgehead atoms. The van der Waals surface area contributed by atoms with E-state index < -0.39 is 0 Å². The summed E-state index contributed by atoms with van der Waals surface area (Å²) in [6, 6.07) is 10.0. The molecular formula is C18H23NO2S. The molecule has 4 heteroatoms. The summed E-state index contributed by atoms with van der Waals surface area (Å²) in [7, 11) is 0. The van der Waals surface area contributed by atoms with Crippen LogP contribution in [0.3, 0.4) is 0 Å². The van der Waals surface area contributed by atoms with Gasteiger partial charge in [0.05, 0.1) is 0 Å². The highest BCUT2D eigenvalue weighted by molar-refractivity contribution is 7.10. The molecule has 1 amide bonds. The van der Waals surface area contributed by atoms with E-state index in [0.29, 0.717) is 12.5 Å². The predicted molar refractivity (Wildman–Crippen MR) is 91.6 cm³/mol. The Labute approximate surface area is 136 Å². The van der Waals surface area contributed by atoms with Crippen molar-refractivity contribution in [2.75, 3.05) is 13.2 Å². The van der Waals surface area contributed by atoms with Gasteiger partial charge in [-0.2, -0.15) is 0 Å². The number of benzene rings is 1. The first-order valence-electron chi connectivity index (χ1n) is 7.61. The lowest BCUT2D eigenvalue weighted by Crippen LogP contribution is -2.26. The fourth-order valence-corrected chi connectivity index (χ4v) is 3.44. The molecule has 1 atom stereocenters. The van der Waals surface area contributed by atoms with Crippen LogP contribution >= 0.6 is 11.3 Å². The Balaban J connectivity index is 1.91. The van der Waals surface area contributed by atoms with Gasteiger partial charge < -0.3 is 10.4 Å². The molecule has 1 unspecified atom stereocenters. The zero-order valence-electron chi connectivity index (χ0n) is 13.1. The molecule has 3 nitrogen and oxygen atoms in total. The van der Waals surface area contributed by atoms with Crippen LogP contribution in [0.25, 0.3) is 0 Å². The lowest BCUT2D eigenvalue weighted by Gasteiger charge is -2.15. The van der Waals surface area contributed by atoms with Crippen LogP contribution < -0.4 is 5.32 Å². The molecule has 0 aliphatic rings. The standard InChI is InChI=1S/C18H23NO2S/c1-13-5-6-14(2)16(12-13)18(21)19-9-7-15(8-10-20)17-4-3-11-22-17/h3-6,11-12,15,20H,7-10H2,1-2H3,(H,19,21). The zero-order chi connectivity index (χ0) is 15.9. The second kappa shape index (κ2) is 8.11. The first-order valence-corrected chi connectivity index (χ1v) is 8.49. The van der Waals surface area contributed by atoms with Crippen LogP contribution in [0.1, 0.15) is 45.1 Å². The smallest absolute Gasteiger partial charge is 0.251 e. The minimum atomic E-state index is -0.0184. The Kier molecular flexibility index (Phi) is 6.16. The van der Waals surface area contributed by atoms with E-state index in [1.807, 2.05) is 43.5 Å². The van der Waals surface area contributed by atoms with Crippen molar-refractivity contribution in [1.29, 1.82) is 0 Å². The molecule has 0 fully saturated rings. The molecule has 2 aromatic rings. The van der Waals surface area contributed by atoms with Gasteiger partial charge in [-0.25, -0.2) is 0 Å². The molecule has 0 aliphatic heterocycles. The normalized spacial score (nSPS) is 12.1. The summed E-state index contributed by atoms with van der Waals surface area (Å²) < 4.78 is 0. The Hall–Kier alpha value is -1.65. The number of hydrogen-bond acceptors (Lipinski definition) is 3. The van der Waals surface area contributed by atoms with Crippen LogP contribution in [-0.2, 0) is 0 Å². The van der Waals surface area contributed by atoms with Crippen molar-refractivity contribution < 1.29 is 9.90 Å². The Morgan fingerprint density at radius 3 is 2.77 bits per heavy atom. The molecule has 0 saturated heterocycles. The highest BCUT2D eigenvalue weighted by Crippen LogP contribution is 2.26. The third kappa shape index (κ3) is 4.42. The van der Waals surface area contributed by atoms with E-state index in [9.17, 15) is 9.90 Å². The highest BCUT2D eigenvalue weighted by atomic mass is 32.1. The fraction of sp³-hybridized carbons (Fsp3) is 0.389. The van der Waals surface area contributed by atoms with Crippen LogP contribution in [0.15, 0.2) is 35.7 Å². The molecule has 0 spiro atoms. The summed E-state index contributed by atoms with van der Waals surface area (Å²) in [4.78, 5) is 13.6. The number of aliphatic hydroxyl groups excluding tert-OH is 1. The summed E-state index contributed by atoms with van der Waals surface area (Å²) in [5.41, 5.74) is 2.83. The topological polar surface area (TPSA) is 49.3 Å². The number of nitrogens with one attached hydrogen (secondary N) is 1. The van der Waals surface area contributed by atoms with E-state index in [-0.39, 0.29) is 12.5 Å². The van der Waals surface area contributed by atoms with Gasteiger partial charge in [0.15, 0.2) is 0 Å². The van der Waals surface area contributed by atoms with E-state index >= 15 is 0 Å². The number of rotatable bonds is 7. The van der Waals surface area contributed by atoms with E-state index in [0.717, 1.165) is 29.5 Å². The van der Waals surface area contributed by atoms with E-state index in [4.69, 9.17) is 0 Å². The summed E-state index contributed by atoms with van der Waals surface area (Å²) in [6.45, 7) is 4.74. The average molecular weight is 317 g/mol. The Bertz CT molecular complexity index is 608. The molecule has 1 aromatic heterocycles. The Morgan fingerprint density at radius 1 is 1.27 bits per heavy atom.